The molecule has 0 fully saturated rings. The van der Waals surface area contributed by atoms with Crippen molar-refractivity contribution >= 4 is 22.6 Å². The number of rotatable bonds is 2. The molecule has 3 aromatic rings. The summed E-state index contributed by atoms with van der Waals surface area (Å²) in [5, 5.41) is 10.1. The Labute approximate surface area is 130 Å². The first-order chi connectivity index (χ1) is 10.9. The zero-order valence-electron chi connectivity index (χ0n) is 12.2. The van der Waals surface area contributed by atoms with Gasteiger partial charge in [-0.1, -0.05) is 6.07 Å². The quantitative estimate of drug-likeness (QED) is 0.762. The van der Waals surface area contributed by atoms with Crippen LogP contribution < -0.4 is 11.3 Å². The Morgan fingerprint density at radius 2 is 2.00 bits per heavy atom. The number of carbonyl (C=O) groups excluding carboxylic acids is 1. The summed E-state index contributed by atoms with van der Waals surface area (Å²) in [5.74, 6) is -1.28. The number of benzene rings is 2. The maximum Gasteiger partial charge on any atom is 0.254 e. The smallest absolute Gasteiger partial charge is 0.254 e. The van der Waals surface area contributed by atoms with E-state index >= 15 is 0 Å². The van der Waals surface area contributed by atoms with Gasteiger partial charge in [0.1, 0.15) is 28.4 Å². The molecule has 116 valence electrons. The molecular weight excluding hydrogens is 299 g/mol. The van der Waals surface area contributed by atoms with Crippen molar-refractivity contribution in [2.75, 3.05) is 0 Å². The molecule has 0 saturated carbocycles. The zero-order valence-corrected chi connectivity index (χ0v) is 12.2. The summed E-state index contributed by atoms with van der Waals surface area (Å²) >= 11 is 0. The molecule has 0 aliphatic rings. The minimum atomic E-state index is -0.741. The number of aromatic hydroxyl groups is 1. The van der Waals surface area contributed by atoms with Crippen LogP contribution in [0, 0.1) is 12.7 Å². The number of hydrogen-bond donors (Lipinski definition) is 2. The molecule has 0 bridgehead atoms. The summed E-state index contributed by atoms with van der Waals surface area (Å²) in [6.45, 7) is 1.75. The molecule has 1 amide bonds. The molecule has 2 aromatic carbocycles. The highest BCUT2D eigenvalue weighted by Gasteiger charge is 2.11. The first-order valence-electron chi connectivity index (χ1n) is 6.81. The Hall–Kier alpha value is -3.15. The summed E-state index contributed by atoms with van der Waals surface area (Å²) in [7, 11) is 0. The number of carbonyl (C=O) groups is 1. The van der Waals surface area contributed by atoms with Crippen LogP contribution in [0.5, 0.6) is 5.75 Å². The lowest BCUT2D eigenvalue weighted by atomic mass is 10.1. The van der Waals surface area contributed by atoms with E-state index in [0.717, 1.165) is 5.56 Å². The third-order valence-electron chi connectivity index (χ3n) is 3.32. The Kier molecular flexibility index (Phi) is 3.57. The lowest BCUT2D eigenvalue weighted by molar-refractivity contribution is 0.0996. The zero-order chi connectivity index (χ0) is 16.6. The highest BCUT2D eigenvalue weighted by molar-refractivity contribution is 5.95. The summed E-state index contributed by atoms with van der Waals surface area (Å²) in [5.41, 5.74) is 6.35. The van der Waals surface area contributed by atoms with Crippen molar-refractivity contribution in [3.63, 3.8) is 0 Å². The second-order valence-electron chi connectivity index (χ2n) is 5.12. The molecule has 23 heavy (non-hydrogen) atoms. The van der Waals surface area contributed by atoms with Crippen LogP contribution in [0.25, 0.3) is 11.0 Å². The van der Waals surface area contributed by atoms with Gasteiger partial charge >= 0.3 is 0 Å². The molecule has 0 radical (unpaired) electrons. The molecule has 0 unspecified atom stereocenters. The fourth-order valence-electron chi connectivity index (χ4n) is 2.18. The largest absolute Gasteiger partial charge is 0.508 e. The number of nitrogens with two attached hydrogens (primary N) is 1. The number of phenolic OH excluding ortho intramolecular Hbond substituents is 1. The molecule has 6 heteroatoms. The standard InChI is InChI=1S/C17H13FN2O3/c1-9-2-5-14(13(18)6-9)20-17-12(16(19)22)7-10-3-4-11(21)8-15(10)23-17/h2-8,21H,1H3,(H2,19,22). The highest BCUT2D eigenvalue weighted by Crippen LogP contribution is 2.21. The summed E-state index contributed by atoms with van der Waals surface area (Å²) in [6.07, 6.45) is 0. The summed E-state index contributed by atoms with van der Waals surface area (Å²) < 4.78 is 19.5. The van der Waals surface area contributed by atoms with E-state index in [0.29, 0.717) is 11.0 Å². The maximum absolute atomic E-state index is 14.0. The van der Waals surface area contributed by atoms with Crippen molar-refractivity contribution < 1.29 is 18.7 Å². The molecule has 0 aliphatic carbocycles. The van der Waals surface area contributed by atoms with Gasteiger partial charge in [-0.15, -0.1) is 0 Å². The first kappa shape index (κ1) is 14.8. The molecular formula is C17H13FN2O3. The molecule has 0 saturated heterocycles. The van der Waals surface area contributed by atoms with E-state index in [2.05, 4.69) is 4.99 Å². The average molecular weight is 312 g/mol. The van der Waals surface area contributed by atoms with Gasteiger partial charge in [0.05, 0.1) is 0 Å². The van der Waals surface area contributed by atoms with Crippen LogP contribution in [-0.2, 0) is 0 Å². The Balaban J connectivity index is 2.31. The van der Waals surface area contributed by atoms with Gasteiger partial charge in [-0.25, -0.2) is 9.38 Å². The molecule has 5 nitrogen and oxygen atoms in total. The van der Waals surface area contributed by atoms with Gasteiger partial charge in [0, 0.05) is 11.5 Å². The SMILES string of the molecule is Cc1ccc(N=c2oc3cc(O)ccc3cc2C(N)=O)c(F)c1. The number of halogens is 1. The van der Waals surface area contributed by atoms with Crippen molar-refractivity contribution in [1.82, 2.24) is 0 Å². The molecule has 0 aliphatic heterocycles. The van der Waals surface area contributed by atoms with Gasteiger partial charge in [0.15, 0.2) is 0 Å². The van der Waals surface area contributed by atoms with Crippen molar-refractivity contribution in [1.29, 1.82) is 0 Å². The Morgan fingerprint density at radius 3 is 2.70 bits per heavy atom. The van der Waals surface area contributed by atoms with Crippen molar-refractivity contribution in [3.05, 3.63) is 65.0 Å². The minimum absolute atomic E-state index is 0.000501. The number of nitrogens with zero attached hydrogens (tertiary/aromatic N) is 1. The lowest BCUT2D eigenvalue weighted by Crippen LogP contribution is -2.21. The van der Waals surface area contributed by atoms with Crippen LogP contribution in [-0.4, -0.2) is 11.0 Å². The Morgan fingerprint density at radius 1 is 1.22 bits per heavy atom. The van der Waals surface area contributed by atoms with Crippen LogP contribution in [0.3, 0.4) is 0 Å². The van der Waals surface area contributed by atoms with Gasteiger partial charge in [-0.05, 0) is 42.8 Å². The second kappa shape index (κ2) is 5.57. The van der Waals surface area contributed by atoms with Crippen LogP contribution in [0.15, 0.2) is 51.9 Å². The number of hydrogen-bond acceptors (Lipinski definition) is 4. The number of aryl methyl sites for hydroxylation is 1. The fraction of sp³-hybridized carbons (Fsp3) is 0.0588. The first-order valence-corrected chi connectivity index (χ1v) is 6.81. The minimum Gasteiger partial charge on any atom is -0.508 e. The molecule has 0 spiro atoms. The average Bonchev–Trinajstić information content (AvgIpc) is 2.49. The Bertz CT molecular complexity index is 993. The van der Waals surface area contributed by atoms with Crippen LogP contribution >= 0.6 is 0 Å². The van der Waals surface area contributed by atoms with Gasteiger partial charge in [-0.2, -0.15) is 0 Å². The summed E-state index contributed by atoms with van der Waals surface area (Å²) in [4.78, 5) is 15.7. The van der Waals surface area contributed by atoms with E-state index in [1.54, 1.807) is 19.1 Å². The molecule has 1 heterocycles. The summed E-state index contributed by atoms with van der Waals surface area (Å²) in [6, 6.07) is 10.4. The van der Waals surface area contributed by atoms with Crippen LogP contribution in [0.1, 0.15) is 15.9 Å². The number of phenols is 1. The third kappa shape index (κ3) is 2.91. The van der Waals surface area contributed by atoms with E-state index < -0.39 is 11.7 Å². The predicted molar refractivity (Wildman–Crippen MR) is 82.8 cm³/mol. The van der Waals surface area contributed by atoms with Crippen LogP contribution in [0.4, 0.5) is 10.1 Å². The van der Waals surface area contributed by atoms with E-state index in [9.17, 15) is 14.3 Å². The topological polar surface area (TPSA) is 88.8 Å². The highest BCUT2D eigenvalue weighted by atomic mass is 19.1. The molecule has 0 atom stereocenters. The van der Waals surface area contributed by atoms with Gasteiger partial charge in [0.25, 0.3) is 5.91 Å². The predicted octanol–water partition coefficient (Wildman–Crippen LogP) is 2.92. The molecule has 3 rings (SSSR count). The van der Waals surface area contributed by atoms with E-state index in [1.807, 2.05) is 0 Å². The van der Waals surface area contributed by atoms with E-state index in [1.165, 1.54) is 30.3 Å². The van der Waals surface area contributed by atoms with Gasteiger partial charge in [0.2, 0.25) is 5.55 Å². The van der Waals surface area contributed by atoms with Crippen molar-refractivity contribution in [2.24, 2.45) is 10.7 Å². The second-order valence-corrected chi connectivity index (χ2v) is 5.12. The van der Waals surface area contributed by atoms with Gasteiger partial charge in [-0.3, -0.25) is 4.79 Å². The van der Waals surface area contributed by atoms with Gasteiger partial charge < -0.3 is 15.3 Å². The molecule has 3 N–H and O–H groups in total. The van der Waals surface area contributed by atoms with E-state index in [-0.39, 0.29) is 22.6 Å². The molecule has 1 aromatic heterocycles. The third-order valence-corrected chi connectivity index (χ3v) is 3.32. The van der Waals surface area contributed by atoms with Crippen LogP contribution in [0.2, 0.25) is 0 Å². The normalized spacial score (nSPS) is 11.8. The maximum atomic E-state index is 14.0. The van der Waals surface area contributed by atoms with Crippen molar-refractivity contribution in [3.8, 4) is 5.75 Å². The number of amides is 1. The number of fused-ring (bicyclic) bond motifs is 1. The number of primary amides is 1. The van der Waals surface area contributed by atoms with E-state index in [4.69, 9.17) is 10.2 Å². The lowest BCUT2D eigenvalue weighted by Gasteiger charge is -2.03. The van der Waals surface area contributed by atoms with Crippen molar-refractivity contribution in [2.45, 2.75) is 6.92 Å². The fourth-order valence-corrected chi connectivity index (χ4v) is 2.18. The monoisotopic (exact) mass is 312 g/mol.